The molecule has 0 unspecified atom stereocenters. The van der Waals surface area contributed by atoms with Gasteiger partial charge in [0.1, 0.15) is 16.9 Å². The highest BCUT2D eigenvalue weighted by Crippen LogP contribution is 2.28. The van der Waals surface area contributed by atoms with Crippen molar-refractivity contribution in [3.05, 3.63) is 47.1 Å². The largest absolute Gasteiger partial charge is 0.497 e. The molecular weight excluding hydrogens is 284 g/mol. The first-order valence-corrected chi connectivity index (χ1v) is 7.28. The molecule has 0 bridgehead atoms. The molecule has 0 fully saturated rings. The van der Waals surface area contributed by atoms with E-state index < -0.39 is 0 Å². The lowest BCUT2D eigenvalue weighted by Crippen LogP contribution is -1.95. The number of thiophene rings is 1. The molecule has 0 saturated heterocycles. The van der Waals surface area contributed by atoms with E-state index >= 15 is 0 Å². The number of hydrazone groups is 1. The minimum Gasteiger partial charge on any atom is -0.497 e. The molecule has 5 nitrogen and oxygen atoms in total. The van der Waals surface area contributed by atoms with Gasteiger partial charge in [0.2, 0.25) is 0 Å². The van der Waals surface area contributed by atoms with E-state index in [0.717, 1.165) is 32.9 Å². The predicted octanol–water partition coefficient (Wildman–Crippen LogP) is 3.45. The Morgan fingerprint density at radius 1 is 1.24 bits per heavy atom. The summed E-state index contributed by atoms with van der Waals surface area (Å²) in [6.07, 6.45) is 3.29. The van der Waals surface area contributed by atoms with E-state index in [4.69, 9.17) is 4.74 Å². The normalized spacial score (nSPS) is 11.1. The Hall–Kier alpha value is -2.47. The number of aryl methyl sites for hydroxylation is 1. The van der Waals surface area contributed by atoms with Crippen LogP contribution in [0.1, 0.15) is 11.1 Å². The first-order valence-electron chi connectivity index (χ1n) is 6.40. The number of anilines is 1. The van der Waals surface area contributed by atoms with Crippen LogP contribution in [0.4, 0.5) is 5.82 Å². The predicted molar refractivity (Wildman–Crippen MR) is 86.4 cm³/mol. The lowest BCUT2D eigenvalue weighted by Gasteiger charge is -2.02. The first-order chi connectivity index (χ1) is 10.3. The Bertz CT molecular complexity index is 780. The molecule has 6 heteroatoms. The van der Waals surface area contributed by atoms with E-state index in [2.05, 4.69) is 25.9 Å². The zero-order chi connectivity index (χ0) is 14.7. The van der Waals surface area contributed by atoms with Gasteiger partial charge in [0.15, 0.2) is 5.82 Å². The van der Waals surface area contributed by atoms with Crippen molar-refractivity contribution in [3.8, 4) is 5.75 Å². The summed E-state index contributed by atoms with van der Waals surface area (Å²) in [6, 6.07) is 7.67. The number of methoxy groups -OCH3 is 1. The Morgan fingerprint density at radius 3 is 2.81 bits per heavy atom. The zero-order valence-electron chi connectivity index (χ0n) is 11.7. The van der Waals surface area contributed by atoms with Gasteiger partial charge in [-0.3, -0.25) is 5.43 Å². The Morgan fingerprint density at radius 2 is 2.05 bits per heavy atom. The maximum absolute atomic E-state index is 5.12. The molecule has 0 atom stereocenters. The van der Waals surface area contributed by atoms with Crippen LogP contribution in [-0.2, 0) is 0 Å². The van der Waals surface area contributed by atoms with Gasteiger partial charge in [-0.15, -0.1) is 11.3 Å². The molecule has 3 aromatic rings. The van der Waals surface area contributed by atoms with Crippen molar-refractivity contribution in [2.45, 2.75) is 6.92 Å². The molecule has 2 aromatic heterocycles. The summed E-state index contributed by atoms with van der Waals surface area (Å²) < 4.78 is 5.12. The third-order valence-corrected chi connectivity index (χ3v) is 4.06. The van der Waals surface area contributed by atoms with E-state index in [1.807, 2.05) is 31.2 Å². The van der Waals surface area contributed by atoms with E-state index in [-0.39, 0.29) is 0 Å². The summed E-state index contributed by atoms with van der Waals surface area (Å²) in [4.78, 5) is 9.46. The van der Waals surface area contributed by atoms with Crippen molar-refractivity contribution in [1.82, 2.24) is 9.97 Å². The van der Waals surface area contributed by atoms with Crippen LogP contribution in [0.5, 0.6) is 5.75 Å². The number of hydrogen-bond acceptors (Lipinski definition) is 6. The molecular formula is C15H14N4OS. The molecule has 0 aliphatic rings. The number of aromatic nitrogens is 2. The Kier molecular flexibility index (Phi) is 3.79. The molecule has 0 aliphatic carbocycles. The van der Waals surface area contributed by atoms with Gasteiger partial charge < -0.3 is 4.74 Å². The van der Waals surface area contributed by atoms with E-state index in [0.29, 0.717) is 0 Å². The van der Waals surface area contributed by atoms with E-state index in [9.17, 15) is 0 Å². The maximum atomic E-state index is 5.12. The second kappa shape index (κ2) is 5.88. The van der Waals surface area contributed by atoms with Gasteiger partial charge in [-0.1, -0.05) is 0 Å². The summed E-state index contributed by atoms with van der Waals surface area (Å²) in [5.74, 6) is 1.55. The van der Waals surface area contributed by atoms with Crippen LogP contribution >= 0.6 is 11.3 Å². The number of nitrogens with zero attached hydrogens (tertiary/aromatic N) is 3. The second-order valence-electron chi connectivity index (χ2n) is 4.46. The van der Waals surface area contributed by atoms with Crippen molar-refractivity contribution < 1.29 is 4.74 Å². The van der Waals surface area contributed by atoms with Crippen molar-refractivity contribution >= 4 is 33.6 Å². The SMILES string of the molecule is COc1ccc(C=NNc2ncnc3scc(C)c23)cc1. The van der Waals surface area contributed by atoms with Gasteiger partial charge >= 0.3 is 0 Å². The summed E-state index contributed by atoms with van der Waals surface area (Å²) in [5, 5.41) is 7.33. The number of fused-ring (bicyclic) bond motifs is 1. The molecule has 0 spiro atoms. The molecule has 0 saturated carbocycles. The molecule has 0 aliphatic heterocycles. The lowest BCUT2D eigenvalue weighted by atomic mass is 10.2. The Balaban J connectivity index is 1.79. The highest BCUT2D eigenvalue weighted by molar-refractivity contribution is 7.17. The van der Waals surface area contributed by atoms with Crippen LogP contribution in [-0.4, -0.2) is 23.3 Å². The fourth-order valence-electron chi connectivity index (χ4n) is 1.96. The number of rotatable bonds is 4. The van der Waals surface area contributed by atoms with Crippen LogP contribution in [0.25, 0.3) is 10.2 Å². The van der Waals surface area contributed by atoms with Gasteiger partial charge in [0.05, 0.1) is 18.7 Å². The molecule has 1 N–H and O–H groups in total. The van der Waals surface area contributed by atoms with Gasteiger partial charge in [-0.05, 0) is 47.7 Å². The molecule has 0 amide bonds. The standard InChI is InChI=1S/C15H14N4OS/c1-10-8-21-15-13(10)14(16-9-17-15)19-18-7-11-3-5-12(20-2)6-4-11/h3-9H,1-2H3,(H,16,17,19). The highest BCUT2D eigenvalue weighted by atomic mass is 32.1. The topological polar surface area (TPSA) is 59.4 Å². The average Bonchev–Trinajstić information content (AvgIpc) is 2.90. The number of hydrogen-bond donors (Lipinski definition) is 1. The van der Waals surface area contributed by atoms with E-state index in [1.54, 1.807) is 31.0 Å². The quantitative estimate of drug-likeness (QED) is 0.592. The van der Waals surface area contributed by atoms with Crippen LogP contribution in [0.2, 0.25) is 0 Å². The van der Waals surface area contributed by atoms with Gasteiger partial charge in [0.25, 0.3) is 0 Å². The second-order valence-corrected chi connectivity index (χ2v) is 5.32. The third kappa shape index (κ3) is 2.85. The van der Waals surface area contributed by atoms with Crippen molar-refractivity contribution in [1.29, 1.82) is 0 Å². The van der Waals surface area contributed by atoms with Gasteiger partial charge in [-0.25, -0.2) is 9.97 Å². The van der Waals surface area contributed by atoms with Crippen LogP contribution in [0.15, 0.2) is 41.1 Å². The van der Waals surface area contributed by atoms with Crippen molar-refractivity contribution in [2.24, 2.45) is 5.10 Å². The summed E-state index contributed by atoms with van der Waals surface area (Å²) in [7, 11) is 1.65. The molecule has 0 radical (unpaired) electrons. The summed E-state index contributed by atoms with van der Waals surface area (Å²) >= 11 is 1.61. The minimum atomic E-state index is 0.725. The van der Waals surface area contributed by atoms with Gasteiger partial charge in [0, 0.05) is 0 Å². The zero-order valence-corrected chi connectivity index (χ0v) is 12.5. The number of nitrogens with one attached hydrogen (secondary N) is 1. The summed E-state index contributed by atoms with van der Waals surface area (Å²) in [6.45, 7) is 2.04. The van der Waals surface area contributed by atoms with Crippen molar-refractivity contribution in [2.75, 3.05) is 12.5 Å². The minimum absolute atomic E-state index is 0.725. The molecule has 21 heavy (non-hydrogen) atoms. The van der Waals surface area contributed by atoms with Crippen LogP contribution in [0.3, 0.4) is 0 Å². The first kappa shape index (κ1) is 13.5. The molecule has 2 heterocycles. The monoisotopic (exact) mass is 298 g/mol. The fourth-order valence-corrected chi connectivity index (χ4v) is 2.85. The maximum Gasteiger partial charge on any atom is 0.158 e. The smallest absolute Gasteiger partial charge is 0.158 e. The van der Waals surface area contributed by atoms with Gasteiger partial charge in [-0.2, -0.15) is 5.10 Å². The van der Waals surface area contributed by atoms with Crippen molar-refractivity contribution in [3.63, 3.8) is 0 Å². The number of benzene rings is 1. The summed E-state index contributed by atoms with van der Waals surface area (Å²) in [5.41, 5.74) is 5.12. The Labute approximate surface area is 126 Å². The highest BCUT2D eigenvalue weighted by Gasteiger charge is 2.07. The van der Waals surface area contributed by atoms with E-state index in [1.165, 1.54) is 0 Å². The fraction of sp³-hybridized carbons (Fsp3) is 0.133. The molecule has 1 aromatic carbocycles. The lowest BCUT2D eigenvalue weighted by molar-refractivity contribution is 0.415. The molecule has 3 rings (SSSR count). The van der Waals surface area contributed by atoms with Crippen LogP contribution in [0, 0.1) is 6.92 Å². The van der Waals surface area contributed by atoms with Crippen LogP contribution < -0.4 is 10.2 Å². The third-order valence-electron chi connectivity index (χ3n) is 3.05. The molecule has 106 valence electrons. The average molecular weight is 298 g/mol. The number of ether oxygens (including phenoxy) is 1.